The Kier molecular flexibility index (Phi) is 4.16. The maximum atomic E-state index is 12.6. The Morgan fingerprint density at radius 1 is 1.12 bits per heavy atom. The number of ether oxygens (including phenoxy) is 1. The van der Waals surface area contributed by atoms with E-state index in [1.54, 1.807) is 11.8 Å². The zero-order chi connectivity index (χ0) is 18.1. The van der Waals surface area contributed by atoms with Crippen molar-refractivity contribution in [2.75, 3.05) is 4.90 Å². The molecular weight excluding hydrogens is 330 g/mol. The minimum absolute atomic E-state index is 0.129. The number of hydrogen-bond donors (Lipinski definition) is 0. The molecule has 26 heavy (non-hydrogen) atoms. The van der Waals surface area contributed by atoms with Crippen molar-refractivity contribution in [2.45, 2.75) is 32.9 Å². The second-order valence-corrected chi connectivity index (χ2v) is 6.21. The highest BCUT2D eigenvalue weighted by Gasteiger charge is 2.32. The van der Waals surface area contributed by atoms with Gasteiger partial charge in [-0.2, -0.15) is 4.98 Å². The SMILES string of the molecule is CCc1ccc(-c2noc(CN3C(=O)C(C)Oc4ccccc43)n2)cc1. The van der Waals surface area contributed by atoms with Crippen molar-refractivity contribution < 1.29 is 14.1 Å². The van der Waals surface area contributed by atoms with Crippen LogP contribution in [0.15, 0.2) is 53.1 Å². The van der Waals surface area contributed by atoms with Crippen LogP contribution in [0.1, 0.15) is 25.3 Å². The van der Waals surface area contributed by atoms with Crippen LogP contribution in [0, 0.1) is 0 Å². The number of aromatic nitrogens is 2. The first-order chi connectivity index (χ1) is 12.7. The molecule has 0 saturated heterocycles. The molecule has 4 rings (SSSR count). The summed E-state index contributed by atoms with van der Waals surface area (Å²) in [6.07, 6.45) is 0.433. The van der Waals surface area contributed by atoms with Crippen molar-refractivity contribution in [3.8, 4) is 17.1 Å². The third-order valence-corrected chi connectivity index (χ3v) is 4.46. The average Bonchev–Trinajstić information content (AvgIpc) is 3.14. The normalized spacial score (nSPS) is 16.3. The van der Waals surface area contributed by atoms with E-state index >= 15 is 0 Å². The van der Waals surface area contributed by atoms with Crippen molar-refractivity contribution in [1.29, 1.82) is 0 Å². The number of carbonyl (C=O) groups is 1. The predicted octanol–water partition coefficient (Wildman–Crippen LogP) is 3.61. The summed E-state index contributed by atoms with van der Waals surface area (Å²) >= 11 is 0. The van der Waals surface area contributed by atoms with Crippen LogP contribution >= 0.6 is 0 Å². The Morgan fingerprint density at radius 2 is 1.88 bits per heavy atom. The second-order valence-electron chi connectivity index (χ2n) is 6.21. The first-order valence-electron chi connectivity index (χ1n) is 8.64. The third kappa shape index (κ3) is 2.94. The number of anilines is 1. The molecule has 0 bridgehead atoms. The molecule has 1 aliphatic heterocycles. The standard InChI is InChI=1S/C20H19N3O3/c1-3-14-8-10-15(11-9-14)19-21-18(26-22-19)12-23-16-6-4-5-7-17(16)25-13(2)20(23)24/h4-11,13H,3,12H2,1-2H3. The molecule has 6 heteroatoms. The van der Waals surface area contributed by atoms with Gasteiger partial charge in [-0.1, -0.05) is 48.5 Å². The predicted molar refractivity (Wildman–Crippen MR) is 96.8 cm³/mol. The van der Waals surface area contributed by atoms with Gasteiger partial charge in [0.2, 0.25) is 11.7 Å². The lowest BCUT2D eigenvalue weighted by molar-refractivity contribution is -0.125. The third-order valence-electron chi connectivity index (χ3n) is 4.46. The average molecular weight is 349 g/mol. The van der Waals surface area contributed by atoms with Crippen LogP contribution in [0.2, 0.25) is 0 Å². The number of para-hydroxylation sites is 2. The fourth-order valence-electron chi connectivity index (χ4n) is 2.98. The van der Waals surface area contributed by atoms with Crippen molar-refractivity contribution in [1.82, 2.24) is 10.1 Å². The fourth-order valence-corrected chi connectivity index (χ4v) is 2.98. The Hall–Kier alpha value is -3.15. The van der Waals surface area contributed by atoms with E-state index in [2.05, 4.69) is 29.2 Å². The molecule has 0 saturated carbocycles. The molecule has 1 amide bonds. The maximum absolute atomic E-state index is 12.6. The van der Waals surface area contributed by atoms with Gasteiger partial charge in [0.25, 0.3) is 5.91 Å². The van der Waals surface area contributed by atoms with Crippen molar-refractivity contribution in [3.63, 3.8) is 0 Å². The Labute approximate surface area is 151 Å². The molecule has 0 radical (unpaired) electrons. The summed E-state index contributed by atoms with van der Waals surface area (Å²) in [5, 5.41) is 4.05. The molecule has 1 aliphatic rings. The first-order valence-corrected chi connectivity index (χ1v) is 8.64. The summed E-state index contributed by atoms with van der Waals surface area (Å²) in [5.74, 6) is 1.45. The monoisotopic (exact) mass is 349 g/mol. The highest BCUT2D eigenvalue weighted by atomic mass is 16.5. The summed E-state index contributed by atoms with van der Waals surface area (Å²) in [5.41, 5.74) is 2.85. The van der Waals surface area contributed by atoms with E-state index in [9.17, 15) is 4.79 Å². The number of fused-ring (bicyclic) bond motifs is 1. The van der Waals surface area contributed by atoms with Crippen LogP contribution in [0.5, 0.6) is 5.75 Å². The van der Waals surface area contributed by atoms with E-state index in [1.165, 1.54) is 5.56 Å². The first kappa shape index (κ1) is 16.3. The molecule has 2 heterocycles. The van der Waals surface area contributed by atoms with Crippen molar-refractivity contribution in [3.05, 3.63) is 60.0 Å². The second kappa shape index (κ2) is 6.63. The molecule has 1 unspecified atom stereocenters. The lowest BCUT2D eigenvalue weighted by atomic mass is 10.1. The van der Waals surface area contributed by atoms with E-state index in [-0.39, 0.29) is 12.5 Å². The van der Waals surface area contributed by atoms with Gasteiger partial charge in [-0.15, -0.1) is 0 Å². The minimum Gasteiger partial charge on any atom is -0.479 e. The summed E-state index contributed by atoms with van der Waals surface area (Å²) in [6.45, 7) is 4.06. The summed E-state index contributed by atoms with van der Waals surface area (Å²) in [7, 11) is 0. The van der Waals surface area contributed by atoms with Crippen LogP contribution in [-0.4, -0.2) is 22.2 Å². The Morgan fingerprint density at radius 3 is 2.65 bits per heavy atom. The van der Waals surface area contributed by atoms with Gasteiger partial charge in [0, 0.05) is 5.56 Å². The number of amides is 1. The molecule has 0 aliphatic carbocycles. The quantitative estimate of drug-likeness (QED) is 0.720. The molecular formula is C20H19N3O3. The zero-order valence-corrected chi connectivity index (χ0v) is 14.7. The summed E-state index contributed by atoms with van der Waals surface area (Å²) in [4.78, 5) is 18.6. The minimum atomic E-state index is -0.547. The van der Waals surface area contributed by atoms with Crippen LogP contribution in [0.4, 0.5) is 5.69 Å². The van der Waals surface area contributed by atoms with Gasteiger partial charge in [0.1, 0.15) is 12.3 Å². The zero-order valence-electron chi connectivity index (χ0n) is 14.7. The van der Waals surface area contributed by atoms with Crippen LogP contribution < -0.4 is 9.64 Å². The van der Waals surface area contributed by atoms with E-state index in [0.717, 1.165) is 12.0 Å². The Bertz CT molecular complexity index is 933. The lowest BCUT2D eigenvalue weighted by Gasteiger charge is -2.31. The van der Waals surface area contributed by atoms with Gasteiger partial charge in [-0.3, -0.25) is 9.69 Å². The Balaban J connectivity index is 1.59. The van der Waals surface area contributed by atoms with Crippen LogP contribution in [-0.2, 0) is 17.8 Å². The van der Waals surface area contributed by atoms with E-state index < -0.39 is 6.10 Å². The van der Waals surface area contributed by atoms with Crippen LogP contribution in [0.3, 0.4) is 0 Å². The number of carbonyl (C=O) groups excluding carboxylic acids is 1. The highest BCUT2D eigenvalue weighted by molar-refractivity contribution is 5.99. The molecule has 3 aromatic rings. The molecule has 6 nitrogen and oxygen atoms in total. The number of aryl methyl sites for hydroxylation is 1. The molecule has 2 aromatic carbocycles. The van der Waals surface area contributed by atoms with Gasteiger partial charge in [0.05, 0.1) is 5.69 Å². The topological polar surface area (TPSA) is 68.5 Å². The molecule has 0 fully saturated rings. The van der Waals surface area contributed by atoms with E-state index in [0.29, 0.717) is 23.2 Å². The number of hydrogen-bond acceptors (Lipinski definition) is 5. The molecule has 1 aromatic heterocycles. The summed E-state index contributed by atoms with van der Waals surface area (Å²) < 4.78 is 11.0. The molecule has 0 N–H and O–H groups in total. The molecule has 132 valence electrons. The number of benzene rings is 2. The molecule has 0 spiro atoms. The summed E-state index contributed by atoms with van der Waals surface area (Å²) in [6, 6.07) is 15.5. The van der Waals surface area contributed by atoms with Gasteiger partial charge >= 0.3 is 0 Å². The number of nitrogens with zero attached hydrogens (tertiary/aromatic N) is 3. The van der Waals surface area contributed by atoms with Gasteiger partial charge in [-0.25, -0.2) is 0 Å². The van der Waals surface area contributed by atoms with Crippen LogP contribution in [0.25, 0.3) is 11.4 Å². The smallest absolute Gasteiger partial charge is 0.268 e. The van der Waals surface area contributed by atoms with Crippen molar-refractivity contribution in [2.24, 2.45) is 0 Å². The van der Waals surface area contributed by atoms with Gasteiger partial charge in [0.15, 0.2) is 6.10 Å². The van der Waals surface area contributed by atoms with Gasteiger partial charge < -0.3 is 9.26 Å². The molecule has 1 atom stereocenters. The van der Waals surface area contributed by atoms with E-state index in [4.69, 9.17) is 9.26 Å². The number of rotatable bonds is 4. The lowest BCUT2D eigenvalue weighted by Crippen LogP contribution is -2.44. The highest BCUT2D eigenvalue weighted by Crippen LogP contribution is 2.34. The maximum Gasteiger partial charge on any atom is 0.268 e. The van der Waals surface area contributed by atoms with E-state index in [1.807, 2.05) is 36.4 Å². The largest absolute Gasteiger partial charge is 0.479 e. The fraction of sp³-hybridized carbons (Fsp3) is 0.250. The van der Waals surface area contributed by atoms with Gasteiger partial charge in [-0.05, 0) is 31.0 Å². The van der Waals surface area contributed by atoms with Crippen molar-refractivity contribution >= 4 is 11.6 Å².